The van der Waals surface area contributed by atoms with E-state index in [9.17, 15) is 0 Å². The third kappa shape index (κ3) is 2.01. The molecule has 0 amide bonds. The minimum atomic E-state index is 0.601. The number of hydrogen-bond acceptors (Lipinski definition) is 3. The Morgan fingerprint density at radius 2 is 2.12 bits per heavy atom. The standard InChI is InChI=1S/C14H16N2S/c15-9-8-10-6-7-12-13(10)16-14(17-12)11-4-2-1-3-5-11/h1-5,10H,6-9,15H2. The van der Waals surface area contributed by atoms with Crippen molar-refractivity contribution in [3.05, 3.63) is 40.9 Å². The summed E-state index contributed by atoms with van der Waals surface area (Å²) in [6.45, 7) is 0.766. The van der Waals surface area contributed by atoms with E-state index in [1.807, 2.05) is 17.4 Å². The van der Waals surface area contributed by atoms with Crippen LogP contribution in [0.15, 0.2) is 30.3 Å². The van der Waals surface area contributed by atoms with E-state index in [0.717, 1.165) is 18.0 Å². The van der Waals surface area contributed by atoms with E-state index in [4.69, 9.17) is 10.7 Å². The highest BCUT2D eigenvalue weighted by molar-refractivity contribution is 7.15. The van der Waals surface area contributed by atoms with Gasteiger partial charge < -0.3 is 5.73 Å². The number of nitrogens with two attached hydrogens (primary N) is 1. The fourth-order valence-electron chi connectivity index (χ4n) is 2.49. The number of benzene rings is 1. The Bertz CT molecular complexity index is 504. The van der Waals surface area contributed by atoms with Gasteiger partial charge in [0.15, 0.2) is 0 Å². The van der Waals surface area contributed by atoms with Crippen LogP contribution < -0.4 is 5.73 Å². The second-order valence-corrected chi connectivity index (χ2v) is 5.59. The lowest BCUT2D eigenvalue weighted by molar-refractivity contribution is 0.616. The van der Waals surface area contributed by atoms with E-state index in [-0.39, 0.29) is 0 Å². The molecule has 1 unspecified atom stereocenters. The van der Waals surface area contributed by atoms with Crippen molar-refractivity contribution in [3.8, 4) is 10.6 Å². The van der Waals surface area contributed by atoms with Crippen LogP contribution in [0.1, 0.15) is 29.3 Å². The number of rotatable bonds is 3. The molecular weight excluding hydrogens is 228 g/mol. The van der Waals surface area contributed by atoms with Gasteiger partial charge in [0.05, 0.1) is 5.69 Å². The lowest BCUT2D eigenvalue weighted by atomic mass is 10.0. The van der Waals surface area contributed by atoms with E-state index in [2.05, 4.69) is 24.3 Å². The summed E-state index contributed by atoms with van der Waals surface area (Å²) < 4.78 is 0. The summed E-state index contributed by atoms with van der Waals surface area (Å²) in [7, 11) is 0. The maximum absolute atomic E-state index is 5.66. The summed E-state index contributed by atoms with van der Waals surface area (Å²) in [6.07, 6.45) is 3.50. The molecule has 88 valence electrons. The van der Waals surface area contributed by atoms with Crippen molar-refractivity contribution >= 4 is 11.3 Å². The summed E-state index contributed by atoms with van der Waals surface area (Å²) in [6, 6.07) is 10.4. The van der Waals surface area contributed by atoms with Gasteiger partial charge in [0, 0.05) is 16.4 Å². The number of thiazole rings is 1. The second kappa shape index (κ2) is 4.59. The highest BCUT2D eigenvalue weighted by atomic mass is 32.1. The number of aryl methyl sites for hydroxylation is 1. The van der Waals surface area contributed by atoms with Gasteiger partial charge in [-0.1, -0.05) is 30.3 Å². The molecule has 1 aliphatic rings. The lowest BCUT2D eigenvalue weighted by Gasteiger charge is -2.06. The van der Waals surface area contributed by atoms with Gasteiger partial charge in [0.25, 0.3) is 0 Å². The maximum Gasteiger partial charge on any atom is 0.123 e. The molecule has 3 rings (SSSR count). The predicted molar refractivity (Wildman–Crippen MR) is 72.3 cm³/mol. The zero-order valence-corrected chi connectivity index (χ0v) is 10.5. The Balaban J connectivity index is 1.93. The molecule has 1 aliphatic carbocycles. The molecule has 0 aliphatic heterocycles. The SMILES string of the molecule is NCCC1CCc2sc(-c3ccccc3)nc21. The molecule has 2 aromatic rings. The van der Waals surface area contributed by atoms with Gasteiger partial charge >= 0.3 is 0 Å². The molecule has 0 saturated heterocycles. The summed E-state index contributed by atoms with van der Waals surface area (Å²) in [5, 5.41) is 1.16. The van der Waals surface area contributed by atoms with Crippen LogP contribution in [0.4, 0.5) is 0 Å². The van der Waals surface area contributed by atoms with E-state index in [0.29, 0.717) is 5.92 Å². The van der Waals surface area contributed by atoms with Crippen LogP contribution in [0.3, 0.4) is 0 Å². The van der Waals surface area contributed by atoms with Crippen molar-refractivity contribution in [3.63, 3.8) is 0 Å². The minimum Gasteiger partial charge on any atom is -0.330 e. The molecule has 3 heteroatoms. The normalized spacial score (nSPS) is 18.3. The fraction of sp³-hybridized carbons (Fsp3) is 0.357. The quantitative estimate of drug-likeness (QED) is 0.900. The Morgan fingerprint density at radius 3 is 2.88 bits per heavy atom. The summed E-state index contributed by atoms with van der Waals surface area (Å²) >= 11 is 1.85. The molecule has 1 aromatic heterocycles. The first-order valence-corrected chi connectivity index (χ1v) is 6.95. The second-order valence-electron chi connectivity index (χ2n) is 4.51. The first-order chi connectivity index (χ1) is 8.38. The van der Waals surface area contributed by atoms with Crippen LogP contribution in [0, 0.1) is 0 Å². The first-order valence-electron chi connectivity index (χ1n) is 6.13. The molecule has 0 bridgehead atoms. The van der Waals surface area contributed by atoms with E-state index >= 15 is 0 Å². The van der Waals surface area contributed by atoms with E-state index in [1.165, 1.54) is 29.0 Å². The van der Waals surface area contributed by atoms with Crippen molar-refractivity contribution in [2.45, 2.75) is 25.2 Å². The molecule has 0 spiro atoms. The first kappa shape index (κ1) is 10.9. The van der Waals surface area contributed by atoms with Gasteiger partial charge in [-0.05, 0) is 25.8 Å². The highest BCUT2D eigenvalue weighted by Crippen LogP contribution is 2.40. The Hall–Kier alpha value is -1.19. The van der Waals surface area contributed by atoms with Gasteiger partial charge in [-0.25, -0.2) is 4.98 Å². The Kier molecular flexibility index (Phi) is 2.95. The van der Waals surface area contributed by atoms with E-state index in [1.54, 1.807) is 0 Å². The van der Waals surface area contributed by atoms with Crippen LogP contribution in [0.25, 0.3) is 10.6 Å². The van der Waals surface area contributed by atoms with Crippen LogP contribution in [-0.2, 0) is 6.42 Å². The van der Waals surface area contributed by atoms with Crippen molar-refractivity contribution < 1.29 is 0 Å². The molecule has 1 heterocycles. The van der Waals surface area contributed by atoms with Crippen LogP contribution in [0.5, 0.6) is 0 Å². The van der Waals surface area contributed by atoms with Crippen molar-refractivity contribution in [2.24, 2.45) is 5.73 Å². The number of fused-ring (bicyclic) bond motifs is 1. The number of hydrogen-bond donors (Lipinski definition) is 1. The summed E-state index contributed by atoms with van der Waals surface area (Å²) in [4.78, 5) is 6.30. The molecule has 17 heavy (non-hydrogen) atoms. The van der Waals surface area contributed by atoms with Gasteiger partial charge in [0.2, 0.25) is 0 Å². The third-order valence-electron chi connectivity index (χ3n) is 3.37. The molecule has 0 fully saturated rings. The average Bonchev–Trinajstić information content (AvgIpc) is 2.93. The summed E-state index contributed by atoms with van der Waals surface area (Å²) in [5.41, 5.74) is 8.21. The van der Waals surface area contributed by atoms with Gasteiger partial charge in [-0.3, -0.25) is 0 Å². The predicted octanol–water partition coefficient (Wildman–Crippen LogP) is 3.19. The maximum atomic E-state index is 5.66. The van der Waals surface area contributed by atoms with Crippen LogP contribution in [-0.4, -0.2) is 11.5 Å². The number of aromatic nitrogens is 1. The smallest absolute Gasteiger partial charge is 0.123 e. The Labute approximate surface area is 106 Å². The van der Waals surface area contributed by atoms with Gasteiger partial charge in [-0.15, -0.1) is 11.3 Å². The topological polar surface area (TPSA) is 38.9 Å². The monoisotopic (exact) mass is 244 g/mol. The molecule has 2 N–H and O–H groups in total. The Morgan fingerprint density at radius 1 is 1.29 bits per heavy atom. The largest absolute Gasteiger partial charge is 0.330 e. The molecular formula is C14H16N2S. The van der Waals surface area contributed by atoms with Crippen LogP contribution in [0.2, 0.25) is 0 Å². The molecule has 0 saturated carbocycles. The zero-order valence-electron chi connectivity index (χ0n) is 9.73. The van der Waals surface area contributed by atoms with Gasteiger partial charge in [-0.2, -0.15) is 0 Å². The fourth-order valence-corrected chi connectivity index (χ4v) is 3.66. The van der Waals surface area contributed by atoms with Gasteiger partial charge in [0.1, 0.15) is 5.01 Å². The number of nitrogens with zero attached hydrogens (tertiary/aromatic N) is 1. The zero-order chi connectivity index (χ0) is 11.7. The van der Waals surface area contributed by atoms with Crippen molar-refractivity contribution in [1.82, 2.24) is 4.98 Å². The summed E-state index contributed by atoms with van der Waals surface area (Å²) in [5.74, 6) is 0.601. The minimum absolute atomic E-state index is 0.601. The molecule has 0 radical (unpaired) electrons. The average molecular weight is 244 g/mol. The molecule has 1 atom stereocenters. The molecule has 2 nitrogen and oxygen atoms in total. The van der Waals surface area contributed by atoms with Crippen LogP contribution >= 0.6 is 11.3 Å². The van der Waals surface area contributed by atoms with Crippen molar-refractivity contribution in [1.29, 1.82) is 0 Å². The van der Waals surface area contributed by atoms with Crippen molar-refractivity contribution in [2.75, 3.05) is 6.54 Å². The highest BCUT2D eigenvalue weighted by Gasteiger charge is 2.26. The lowest BCUT2D eigenvalue weighted by Crippen LogP contribution is -2.05. The molecule has 1 aromatic carbocycles. The third-order valence-corrected chi connectivity index (χ3v) is 4.55. The van der Waals surface area contributed by atoms with E-state index < -0.39 is 0 Å².